The highest BCUT2D eigenvalue weighted by Crippen LogP contribution is 2.31. The highest BCUT2D eigenvalue weighted by atomic mass is 16.3. The number of benzene rings is 2. The Balaban J connectivity index is 2.25. The third-order valence-electron chi connectivity index (χ3n) is 3.34. The van der Waals surface area contributed by atoms with Gasteiger partial charge >= 0.3 is 0 Å². The molecule has 2 aromatic carbocycles. The van der Waals surface area contributed by atoms with Crippen molar-refractivity contribution in [1.82, 2.24) is 0 Å². The largest absolute Gasteiger partial charge is 0.392 e. The van der Waals surface area contributed by atoms with Gasteiger partial charge in [-0.3, -0.25) is 0 Å². The van der Waals surface area contributed by atoms with E-state index in [0.29, 0.717) is 5.92 Å². The minimum absolute atomic E-state index is 0.0921. The van der Waals surface area contributed by atoms with E-state index in [1.165, 1.54) is 10.9 Å². The SMILES string of the molecule is OCc1c(C2C=CC=C2)ccc2ccccc12. The molecule has 0 heterocycles. The molecule has 0 aromatic heterocycles. The summed E-state index contributed by atoms with van der Waals surface area (Å²) < 4.78 is 0. The quantitative estimate of drug-likeness (QED) is 0.824. The van der Waals surface area contributed by atoms with E-state index in [0.717, 1.165) is 10.9 Å². The van der Waals surface area contributed by atoms with Gasteiger partial charge in [0.2, 0.25) is 0 Å². The highest BCUT2D eigenvalue weighted by Gasteiger charge is 2.13. The van der Waals surface area contributed by atoms with E-state index >= 15 is 0 Å². The molecule has 17 heavy (non-hydrogen) atoms. The van der Waals surface area contributed by atoms with E-state index in [4.69, 9.17) is 0 Å². The molecule has 1 heteroatoms. The molecule has 0 spiro atoms. The minimum atomic E-state index is 0.0921. The average molecular weight is 222 g/mol. The van der Waals surface area contributed by atoms with Crippen LogP contribution < -0.4 is 0 Å². The summed E-state index contributed by atoms with van der Waals surface area (Å²) in [5.74, 6) is 0.307. The van der Waals surface area contributed by atoms with Crippen LogP contribution in [0.5, 0.6) is 0 Å². The van der Waals surface area contributed by atoms with Gasteiger partial charge in [0.15, 0.2) is 0 Å². The Labute approximate surface area is 101 Å². The van der Waals surface area contributed by atoms with Gasteiger partial charge in [-0.1, -0.05) is 60.7 Å². The molecule has 0 saturated heterocycles. The Bertz CT molecular complexity index is 596. The summed E-state index contributed by atoms with van der Waals surface area (Å²) >= 11 is 0. The van der Waals surface area contributed by atoms with Crippen LogP contribution in [0.4, 0.5) is 0 Å². The minimum Gasteiger partial charge on any atom is -0.392 e. The molecular weight excluding hydrogens is 208 g/mol. The molecule has 3 rings (SSSR count). The van der Waals surface area contributed by atoms with Gasteiger partial charge in [-0.15, -0.1) is 0 Å². The summed E-state index contributed by atoms with van der Waals surface area (Å²) in [6.07, 6.45) is 8.43. The zero-order valence-electron chi connectivity index (χ0n) is 9.51. The van der Waals surface area contributed by atoms with Crippen molar-refractivity contribution in [2.24, 2.45) is 0 Å². The molecule has 1 aliphatic rings. The number of fused-ring (bicyclic) bond motifs is 1. The van der Waals surface area contributed by atoms with E-state index in [1.54, 1.807) is 0 Å². The van der Waals surface area contributed by atoms with Crippen molar-refractivity contribution in [3.63, 3.8) is 0 Å². The molecule has 0 radical (unpaired) electrons. The molecule has 0 aliphatic heterocycles. The van der Waals surface area contributed by atoms with Crippen molar-refractivity contribution < 1.29 is 5.11 Å². The molecule has 2 aromatic rings. The predicted octanol–water partition coefficient (Wildman–Crippen LogP) is 3.54. The van der Waals surface area contributed by atoms with Gasteiger partial charge in [-0.05, 0) is 21.9 Å². The number of allylic oxidation sites excluding steroid dienone is 4. The van der Waals surface area contributed by atoms with E-state index in [2.05, 4.69) is 48.6 Å². The maximum absolute atomic E-state index is 9.63. The fourth-order valence-corrected chi connectivity index (χ4v) is 2.48. The fraction of sp³-hybridized carbons (Fsp3) is 0.125. The van der Waals surface area contributed by atoms with Crippen molar-refractivity contribution in [2.45, 2.75) is 12.5 Å². The Kier molecular flexibility index (Phi) is 2.54. The molecule has 0 fully saturated rings. The second-order valence-corrected chi connectivity index (χ2v) is 4.31. The molecule has 1 nitrogen and oxygen atoms in total. The monoisotopic (exact) mass is 222 g/mol. The Hall–Kier alpha value is -1.86. The van der Waals surface area contributed by atoms with Crippen LogP contribution in [0.2, 0.25) is 0 Å². The normalized spacial score (nSPS) is 14.9. The Morgan fingerprint density at radius 3 is 2.47 bits per heavy atom. The molecule has 84 valence electrons. The summed E-state index contributed by atoms with van der Waals surface area (Å²) in [5, 5.41) is 12.0. The van der Waals surface area contributed by atoms with Crippen LogP contribution in [0, 0.1) is 0 Å². The second kappa shape index (κ2) is 4.19. The van der Waals surface area contributed by atoms with E-state index in [-0.39, 0.29) is 6.61 Å². The van der Waals surface area contributed by atoms with E-state index in [1.807, 2.05) is 12.1 Å². The first-order chi connectivity index (χ1) is 8.40. The summed E-state index contributed by atoms with van der Waals surface area (Å²) in [7, 11) is 0. The van der Waals surface area contributed by atoms with Crippen molar-refractivity contribution in [1.29, 1.82) is 0 Å². The first-order valence-electron chi connectivity index (χ1n) is 5.86. The molecular formula is C16H14O. The summed E-state index contributed by atoms with van der Waals surface area (Å²) in [6.45, 7) is 0.0921. The number of hydrogen-bond acceptors (Lipinski definition) is 1. The Morgan fingerprint density at radius 1 is 0.941 bits per heavy atom. The second-order valence-electron chi connectivity index (χ2n) is 4.31. The number of hydrogen-bond donors (Lipinski definition) is 1. The highest BCUT2D eigenvalue weighted by molar-refractivity contribution is 5.87. The first kappa shape index (κ1) is 10.3. The average Bonchev–Trinajstić information content (AvgIpc) is 2.91. The molecule has 0 atom stereocenters. The van der Waals surface area contributed by atoms with Gasteiger partial charge < -0.3 is 5.11 Å². The summed E-state index contributed by atoms with van der Waals surface area (Å²) in [6, 6.07) is 12.5. The van der Waals surface area contributed by atoms with Crippen LogP contribution >= 0.6 is 0 Å². The lowest BCUT2D eigenvalue weighted by Crippen LogP contribution is -1.98. The molecule has 0 amide bonds. The zero-order valence-corrected chi connectivity index (χ0v) is 9.51. The maximum Gasteiger partial charge on any atom is 0.0690 e. The van der Waals surface area contributed by atoms with Crippen LogP contribution in [-0.4, -0.2) is 5.11 Å². The number of aliphatic hydroxyl groups excluding tert-OH is 1. The molecule has 0 saturated carbocycles. The smallest absolute Gasteiger partial charge is 0.0690 e. The van der Waals surface area contributed by atoms with Crippen LogP contribution in [-0.2, 0) is 6.61 Å². The zero-order chi connectivity index (χ0) is 11.7. The maximum atomic E-state index is 9.63. The van der Waals surface area contributed by atoms with Crippen LogP contribution in [0.3, 0.4) is 0 Å². The van der Waals surface area contributed by atoms with Gasteiger partial charge in [0.25, 0.3) is 0 Å². The lowest BCUT2D eigenvalue weighted by molar-refractivity contribution is 0.282. The standard InChI is InChI=1S/C16H14O/c17-11-16-14-8-4-3-7-13(14)9-10-15(16)12-5-1-2-6-12/h1-10,12,17H,11H2. The van der Waals surface area contributed by atoms with Crippen molar-refractivity contribution in [2.75, 3.05) is 0 Å². The third-order valence-corrected chi connectivity index (χ3v) is 3.34. The molecule has 0 bridgehead atoms. The number of aliphatic hydroxyl groups is 1. The van der Waals surface area contributed by atoms with Gasteiger partial charge in [0, 0.05) is 5.92 Å². The fourth-order valence-electron chi connectivity index (χ4n) is 2.48. The topological polar surface area (TPSA) is 20.2 Å². The lowest BCUT2D eigenvalue weighted by atomic mass is 9.91. The van der Waals surface area contributed by atoms with Gasteiger partial charge in [-0.25, -0.2) is 0 Å². The number of rotatable bonds is 2. The van der Waals surface area contributed by atoms with Gasteiger partial charge in [0.05, 0.1) is 6.61 Å². The lowest BCUT2D eigenvalue weighted by Gasteiger charge is -2.14. The molecule has 0 unspecified atom stereocenters. The van der Waals surface area contributed by atoms with Gasteiger partial charge in [-0.2, -0.15) is 0 Å². The van der Waals surface area contributed by atoms with E-state index < -0.39 is 0 Å². The first-order valence-corrected chi connectivity index (χ1v) is 5.86. The van der Waals surface area contributed by atoms with Crippen molar-refractivity contribution in [3.8, 4) is 0 Å². The summed E-state index contributed by atoms with van der Waals surface area (Å²) in [5.41, 5.74) is 2.25. The molecule has 1 aliphatic carbocycles. The van der Waals surface area contributed by atoms with Crippen LogP contribution in [0.15, 0.2) is 60.7 Å². The van der Waals surface area contributed by atoms with Crippen LogP contribution in [0.25, 0.3) is 10.8 Å². The van der Waals surface area contributed by atoms with Crippen molar-refractivity contribution in [3.05, 3.63) is 71.8 Å². The van der Waals surface area contributed by atoms with Crippen molar-refractivity contribution >= 4 is 10.8 Å². The third kappa shape index (κ3) is 1.69. The molecule has 1 N–H and O–H groups in total. The summed E-state index contributed by atoms with van der Waals surface area (Å²) in [4.78, 5) is 0. The van der Waals surface area contributed by atoms with Crippen LogP contribution in [0.1, 0.15) is 17.0 Å². The predicted molar refractivity (Wildman–Crippen MR) is 70.9 cm³/mol. The Morgan fingerprint density at radius 2 is 1.71 bits per heavy atom. The van der Waals surface area contributed by atoms with E-state index in [9.17, 15) is 5.11 Å². The van der Waals surface area contributed by atoms with Gasteiger partial charge in [0.1, 0.15) is 0 Å².